The zero-order chi connectivity index (χ0) is 25.9. The second-order valence-corrected chi connectivity index (χ2v) is 10.2. The molecule has 0 spiro atoms. The van der Waals surface area contributed by atoms with Crippen LogP contribution in [0.5, 0.6) is 0 Å². The standard InChI is InChI=1S/C27H32N6O2.C2H6/c1-30-25-22(11-12-23(28-25)31-13-7-2-3-8-14-31)24(29-30)27(35)33-17-20-15-32(16-21(20)18-33)26(34)19-9-5-4-6-10-19;1-2/h4-6,9-12,20-21H,2-3,7-8,13-18H2,1H3;1-2H3. The summed E-state index contributed by atoms with van der Waals surface area (Å²) in [4.78, 5) is 37.5. The summed E-state index contributed by atoms with van der Waals surface area (Å²) in [7, 11) is 1.87. The maximum Gasteiger partial charge on any atom is 0.275 e. The van der Waals surface area contributed by atoms with Gasteiger partial charge in [0.25, 0.3) is 11.8 Å². The zero-order valence-electron chi connectivity index (χ0n) is 22.3. The fraction of sp³-hybridized carbons (Fsp3) is 0.517. The van der Waals surface area contributed by atoms with Crippen molar-refractivity contribution in [3.8, 4) is 0 Å². The van der Waals surface area contributed by atoms with Crippen LogP contribution in [0.4, 0.5) is 5.82 Å². The van der Waals surface area contributed by atoms with Crippen molar-refractivity contribution in [3.05, 3.63) is 53.7 Å². The van der Waals surface area contributed by atoms with Crippen LogP contribution >= 0.6 is 0 Å². The van der Waals surface area contributed by atoms with Gasteiger partial charge >= 0.3 is 0 Å². The molecule has 3 saturated heterocycles. The summed E-state index contributed by atoms with van der Waals surface area (Å²) in [5.41, 5.74) is 1.97. The molecule has 8 heteroatoms. The van der Waals surface area contributed by atoms with Crippen LogP contribution in [0, 0.1) is 11.8 Å². The average Bonchev–Trinajstić information content (AvgIpc) is 3.54. The number of rotatable bonds is 3. The Labute approximate surface area is 219 Å². The van der Waals surface area contributed by atoms with Crippen LogP contribution in [0.1, 0.15) is 60.4 Å². The van der Waals surface area contributed by atoms with Gasteiger partial charge in [0.1, 0.15) is 5.82 Å². The summed E-state index contributed by atoms with van der Waals surface area (Å²) in [5.74, 6) is 1.65. The highest BCUT2D eigenvalue weighted by molar-refractivity contribution is 6.04. The van der Waals surface area contributed by atoms with Gasteiger partial charge in [0, 0.05) is 63.7 Å². The Kier molecular flexibility index (Phi) is 7.44. The second-order valence-electron chi connectivity index (χ2n) is 10.2. The minimum Gasteiger partial charge on any atom is -0.357 e. The largest absolute Gasteiger partial charge is 0.357 e. The van der Waals surface area contributed by atoms with Crippen LogP contribution in [0.2, 0.25) is 0 Å². The van der Waals surface area contributed by atoms with E-state index in [0.29, 0.717) is 43.7 Å². The van der Waals surface area contributed by atoms with Crippen molar-refractivity contribution in [1.82, 2.24) is 24.6 Å². The third-order valence-electron chi connectivity index (χ3n) is 7.89. The maximum atomic E-state index is 13.5. The highest BCUT2D eigenvalue weighted by Crippen LogP contribution is 2.33. The van der Waals surface area contributed by atoms with Crippen LogP contribution in [-0.2, 0) is 7.05 Å². The molecule has 2 amide bonds. The van der Waals surface area contributed by atoms with Crippen LogP contribution in [0.15, 0.2) is 42.5 Å². The molecule has 2 aromatic heterocycles. The van der Waals surface area contributed by atoms with Crippen LogP contribution in [0.25, 0.3) is 11.0 Å². The van der Waals surface area contributed by atoms with E-state index in [1.54, 1.807) is 4.68 Å². The Bertz CT molecular complexity index is 1230. The lowest BCUT2D eigenvalue weighted by Gasteiger charge is -2.22. The Balaban J connectivity index is 0.00000137. The molecule has 0 bridgehead atoms. The number of carbonyl (C=O) groups is 2. The van der Waals surface area contributed by atoms with Gasteiger partial charge in [0.2, 0.25) is 0 Å². The highest BCUT2D eigenvalue weighted by atomic mass is 16.2. The topological polar surface area (TPSA) is 74.6 Å². The number of aryl methyl sites for hydroxylation is 1. The highest BCUT2D eigenvalue weighted by Gasteiger charge is 2.43. The summed E-state index contributed by atoms with van der Waals surface area (Å²) in [6, 6.07) is 13.5. The molecule has 3 aliphatic rings. The number of anilines is 1. The van der Waals surface area contributed by atoms with E-state index in [9.17, 15) is 9.59 Å². The van der Waals surface area contributed by atoms with Crippen molar-refractivity contribution in [1.29, 1.82) is 0 Å². The number of hydrogen-bond donors (Lipinski definition) is 0. The first kappa shape index (κ1) is 25.2. The lowest BCUT2D eigenvalue weighted by Crippen LogP contribution is -2.35. The number of amides is 2. The molecule has 3 aromatic rings. The first-order chi connectivity index (χ1) is 18.1. The maximum absolute atomic E-state index is 13.5. The minimum absolute atomic E-state index is 0.0322. The van der Waals surface area contributed by atoms with Crippen LogP contribution in [0.3, 0.4) is 0 Å². The predicted molar refractivity (Wildman–Crippen MR) is 146 cm³/mol. The molecule has 6 rings (SSSR count). The lowest BCUT2D eigenvalue weighted by molar-refractivity contribution is 0.0736. The van der Waals surface area contributed by atoms with Gasteiger partial charge in [-0.2, -0.15) is 5.10 Å². The fourth-order valence-electron chi connectivity index (χ4n) is 5.99. The van der Waals surface area contributed by atoms with Crippen molar-refractivity contribution in [2.75, 3.05) is 44.2 Å². The number of carbonyl (C=O) groups excluding carboxylic acids is 2. The summed E-state index contributed by atoms with van der Waals surface area (Å²) in [6.07, 6.45) is 4.94. The summed E-state index contributed by atoms with van der Waals surface area (Å²) < 4.78 is 1.74. The zero-order valence-corrected chi connectivity index (χ0v) is 22.3. The molecule has 37 heavy (non-hydrogen) atoms. The first-order valence-electron chi connectivity index (χ1n) is 13.8. The quantitative estimate of drug-likeness (QED) is 0.536. The molecule has 3 aliphatic heterocycles. The summed E-state index contributed by atoms with van der Waals surface area (Å²) in [5, 5.41) is 5.41. The van der Waals surface area contributed by atoms with Gasteiger partial charge in [-0.1, -0.05) is 44.9 Å². The van der Waals surface area contributed by atoms with Gasteiger partial charge in [-0.05, 0) is 37.1 Å². The molecule has 0 aliphatic carbocycles. The van der Waals surface area contributed by atoms with Crippen molar-refractivity contribution in [3.63, 3.8) is 0 Å². The van der Waals surface area contributed by atoms with Crippen LogP contribution < -0.4 is 4.90 Å². The number of likely N-dealkylation sites (tertiary alicyclic amines) is 2. The molecule has 0 N–H and O–H groups in total. The van der Waals surface area contributed by atoms with E-state index in [2.05, 4.69) is 10.00 Å². The van der Waals surface area contributed by atoms with Gasteiger partial charge in [0.05, 0.1) is 5.39 Å². The van der Waals surface area contributed by atoms with Crippen molar-refractivity contribution in [2.24, 2.45) is 18.9 Å². The van der Waals surface area contributed by atoms with E-state index in [1.165, 1.54) is 25.7 Å². The van der Waals surface area contributed by atoms with Crippen LogP contribution in [-0.4, -0.2) is 75.6 Å². The van der Waals surface area contributed by atoms with Gasteiger partial charge in [-0.3, -0.25) is 9.59 Å². The lowest BCUT2D eigenvalue weighted by atomic mass is 10.0. The number of hydrogen-bond acceptors (Lipinski definition) is 5. The van der Waals surface area contributed by atoms with E-state index in [0.717, 1.165) is 35.5 Å². The predicted octanol–water partition coefficient (Wildman–Crippen LogP) is 4.22. The molecule has 5 heterocycles. The molecular formula is C29H38N6O2. The normalized spacial score (nSPS) is 21.4. The molecule has 3 fully saturated rings. The summed E-state index contributed by atoms with van der Waals surface area (Å²) in [6.45, 7) is 8.79. The number of nitrogens with zero attached hydrogens (tertiary/aromatic N) is 6. The number of benzene rings is 1. The first-order valence-corrected chi connectivity index (χ1v) is 13.8. The van der Waals surface area contributed by atoms with E-state index < -0.39 is 0 Å². The van der Waals surface area contributed by atoms with Crippen molar-refractivity contribution >= 4 is 28.7 Å². The number of pyridine rings is 1. The Morgan fingerprint density at radius 1 is 0.784 bits per heavy atom. The minimum atomic E-state index is -0.0322. The Morgan fingerprint density at radius 2 is 1.38 bits per heavy atom. The Morgan fingerprint density at radius 3 is 2.00 bits per heavy atom. The monoisotopic (exact) mass is 502 g/mol. The molecule has 0 radical (unpaired) electrons. The van der Waals surface area contributed by atoms with Crippen molar-refractivity contribution in [2.45, 2.75) is 39.5 Å². The smallest absolute Gasteiger partial charge is 0.275 e. The van der Waals surface area contributed by atoms with E-state index in [1.807, 2.05) is 73.2 Å². The third-order valence-corrected chi connectivity index (χ3v) is 7.89. The molecule has 8 nitrogen and oxygen atoms in total. The van der Waals surface area contributed by atoms with Gasteiger partial charge in [-0.15, -0.1) is 0 Å². The molecule has 196 valence electrons. The number of fused-ring (bicyclic) bond motifs is 2. The van der Waals surface area contributed by atoms with Gasteiger partial charge in [-0.25, -0.2) is 9.67 Å². The molecule has 2 atom stereocenters. The van der Waals surface area contributed by atoms with E-state index >= 15 is 0 Å². The molecule has 0 saturated carbocycles. The third kappa shape index (κ3) is 4.93. The number of aromatic nitrogens is 3. The average molecular weight is 503 g/mol. The van der Waals surface area contributed by atoms with E-state index in [4.69, 9.17) is 4.98 Å². The van der Waals surface area contributed by atoms with Gasteiger partial charge in [0.15, 0.2) is 11.3 Å². The Hall–Kier alpha value is -3.42. The molecular weight excluding hydrogens is 464 g/mol. The van der Waals surface area contributed by atoms with E-state index in [-0.39, 0.29) is 11.8 Å². The van der Waals surface area contributed by atoms with Gasteiger partial charge < -0.3 is 14.7 Å². The van der Waals surface area contributed by atoms with Crippen molar-refractivity contribution < 1.29 is 9.59 Å². The second kappa shape index (κ2) is 10.9. The molecule has 1 aromatic carbocycles. The summed E-state index contributed by atoms with van der Waals surface area (Å²) >= 11 is 0. The molecule has 2 unspecified atom stereocenters. The SMILES string of the molecule is CC.Cn1nc(C(=O)N2CC3CN(C(=O)c4ccccc4)CC3C2)c2ccc(N3CCCCCC3)nc21. The fourth-order valence-corrected chi connectivity index (χ4v) is 5.99.